The zero-order chi connectivity index (χ0) is 14.6. The van der Waals surface area contributed by atoms with Crippen LogP contribution in [-0.2, 0) is 16.0 Å². The van der Waals surface area contributed by atoms with Crippen molar-refractivity contribution in [3.8, 4) is 0 Å². The minimum absolute atomic E-state index is 0.172. The third-order valence-electron chi connectivity index (χ3n) is 2.54. The summed E-state index contributed by atoms with van der Waals surface area (Å²) in [6.45, 7) is 0. The van der Waals surface area contributed by atoms with E-state index in [0.717, 1.165) is 0 Å². The molecule has 5 N–H and O–H groups in total. The molecule has 0 saturated heterocycles. The van der Waals surface area contributed by atoms with Crippen LogP contribution in [0.25, 0.3) is 0 Å². The third kappa shape index (κ3) is 4.51. The van der Waals surface area contributed by atoms with Crippen molar-refractivity contribution in [3.63, 3.8) is 0 Å². The molecule has 1 amide bonds. The van der Waals surface area contributed by atoms with Crippen molar-refractivity contribution in [1.82, 2.24) is 0 Å². The van der Waals surface area contributed by atoms with Crippen molar-refractivity contribution in [3.05, 3.63) is 34.3 Å². The zero-order valence-electron chi connectivity index (χ0n) is 9.91. The molecule has 6 nitrogen and oxygen atoms in total. The van der Waals surface area contributed by atoms with Gasteiger partial charge >= 0.3 is 5.97 Å². The molecule has 1 aromatic rings. The highest BCUT2D eigenvalue weighted by atomic mass is 35.5. The Morgan fingerprint density at radius 2 is 1.95 bits per heavy atom. The van der Waals surface area contributed by atoms with Crippen molar-refractivity contribution < 1.29 is 24.9 Å². The van der Waals surface area contributed by atoms with E-state index in [9.17, 15) is 19.8 Å². The fourth-order valence-corrected chi connectivity index (χ4v) is 1.85. The third-order valence-corrected chi connectivity index (χ3v) is 2.89. The van der Waals surface area contributed by atoms with E-state index < -0.39 is 24.1 Å². The van der Waals surface area contributed by atoms with Crippen molar-refractivity contribution in [2.24, 2.45) is 5.73 Å². The van der Waals surface area contributed by atoms with Crippen LogP contribution in [0.15, 0.2) is 18.2 Å². The Bertz CT molecular complexity index is 491. The van der Waals surface area contributed by atoms with Gasteiger partial charge in [0.25, 0.3) is 0 Å². The van der Waals surface area contributed by atoms with E-state index in [0.29, 0.717) is 5.56 Å². The SMILES string of the molecule is NC(=O)CC(O)C(O)c1ccc(CC(=O)O)c(Cl)c1. The topological polar surface area (TPSA) is 121 Å². The normalized spacial score (nSPS) is 13.8. The molecular formula is C12H14ClNO5. The van der Waals surface area contributed by atoms with Crippen LogP contribution in [0, 0.1) is 0 Å². The molecule has 0 fully saturated rings. The van der Waals surface area contributed by atoms with Gasteiger partial charge in [0.1, 0.15) is 6.10 Å². The van der Waals surface area contributed by atoms with Crippen LogP contribution in [0.1, 0.15) is 23.7 Å². The molecule has 7 heteroatoms. The van der Waals surface area contributed by atoms with Gasteiger partial charge in [-0.2, -0.15) is 0 Å². The number of carbonyl (C=O) groups excluding carboxylic acids is 1. The monoisotopic (exact) mass is 287 g/mol. The van der Waals surface area contributed by atoms with Gasteiger partial charge in [-0.1, -0.05) is 23.7 Å². The average Bonchev–Trinajstić information content (AvgIpc) is 2.29. The molecule has 1 rings (SSSR count). The average molecular weight is 288 g/mol. The molecule has 1 aromatic carbocycles. The lowest BCUT2D eigenvalue weighted by atomic mass is 10.00. The van der Waals surface area contributed by atoms with Crippen LogP contribution < -0.4 is 5.73 Å². The quantitative estimate of drug-likeness (QED) is 0.597. The standard InChI is InChI=1S/C12H14ClNO5/c13-8-3-7(2-1-6(8)4-11(17)18)12(19)9(15)5-10(14)16/h1-3,9,12,15,19H,4-5H2,(H2,14,16)(H,17,18). The Balaban J connectivity index is 2.87. The van der Waals surface area contributed by atoms with Gasteiger partial charge in [-0.25, -0.2) is 0 Å². The van der Waals surface area contributed by atoms with Crippen LogP contribution in [0.4, 0.5) is 0 Å². The van der Waals surface area contributed by atoms with Crippen LogP contribution in [0.5, 0.6) is 0 Å². The fourth-order valence-electron chi connectivity index (χ4n) is 1.59. The summed E-state index contributed by atoms with van der Waals surface area (Å²) in [7, 11) is 0. The van der Waals surface area contributed by atoms with E-state index in [4.69, 9.17) is 22.4 Å². The van der Waals surface area contributed by atoms with Crippen LogP contribution in [-0.4, -0.2) is 33.3 Å². The minimum Gasteiger partial charge on any atom is -0.481 e. The van der Waals surface area contributed by atoms with Crippen LogP contribution in [0.3, 0.4) is 0 Å². The fraction of sp³-hybridized carbons (Fsp3) is 0.333. The summed E-state index contributed by atoms with van der Waals surface area (Å²) in [5, 5.41) is 28.2. The lowest BCUT2D eigenvalue weighted by molar-refractivity contribution is -0.136. The van der Waals surface area contributed by atoms with Crippen molar-refractivity contribution in [2.45, 2.75) is 25.0 Å². The molecule has 0 aliphatic carbocycles. The van der Waals surface area contributed by atoms with Gasteiger partial charge in [0, 0.05) is 5.02 Å². The van der Waals surface area contributed by atoms with Gasteiger partial charge in [0.05, 0.1) is 18.9 Å². The summed E-state index contributed by atoms with van der Waals surface area (Å²) in [6, 6.07) is 4.25. The number of hydrogen-bond acceptors (Lipinski definition) is 4. The van der Waals surface area contributed by atoms with E-state index in [-0.39, 0.29) is 23.4 Å². The van der Waals surface area contributed by atoms with Gasteiger partial charge in [-0.3, -0.25) is 9.59 Å². The predicted molar refractivity (Wildman–Crippen MR) is 67.6 cm³/mol. The summed E-state index contributed by atoms with van der Waals surface area (Å²) in [5.41, 5.74) is 5.60. The number of aliphatic hydroxyl groups is 2. The second-order valence-electron chi connectivity index (χ2n) is 4.10. The van der Waals surface area contributed by atoms with E-state index in [2.05, 4.69) is 0 Å². The molecule has 0 aliphatic rings. The minimum atomic E-state index is -1.33. The van der Waals surface area contributed by atoms with Gasteiger partial charge in [0.2, 0.25) is 5.91 Å². The van der Waals surface area contributed by atoms with Crippen molar-refractivity contribution in [2.75, 3.05) is 0 Å². The van der Waals surface area contributed by atoms with Crippen molar-refractivity contribution in [1.29, 1.82) is 0 Å². The van der Waals surface area contributed by atoms with Crippen molar-refractivity contribution >= 4 is 23.5 Å². The van der Waals surface area contributed by atoms with Crippen LogP contribution >= 0.6 is 11.6 Å². The maximum atomic E-state index is 10.6. The largest absolute Gasteiger partial charge is 0.481 e. The summed E-state index contributed by atoms with van der Waals surface area (Å²) in [6.07, 6.45) is -3.27. The number of carbonyl (C=O) groups is 2. The number of nitrogens with two attached hydrogens (primary N) is 1. The molecule has 19 heavy (non-hydrogen) atoms. The Morgan fingerprint density at radius 3 is 2.42 bits per heavy atom. The lowest BCUT2D eigenvalue weighted by Gasteiger charge is -2.17. The molecule has 0 radical (unpaired) electrons. The van der Waals surface area contributed by atoms with Gasteiger partial charge in [-0.15, -0.1) is 0 Å². The smallest absolute Gasteiger partial charge is 0.307 e. The highest BCUT2D eigenvalue weighted by molar-refractivity contribution is 6.31. The number of rotatable bonds is 6. The Hall–Kier alpha value is -1.63. The first-order chi connectivity index (χ1) is 8.81. The van der Waals surface area contributed by atoms with E-state index in [1.807, 2.05) is 0 Å². The molecule has 0 spiro atoms. The summed E-state index contributed by atoms with van der Waals surface area (Å²) < 4.78 is 0. The van der Waals surface area contributed by atoms with Crippen LogP contribution in [0.2, 0.25) is 5.02 Å². The molecule has 0 aromatic heterocycles. The number of carboxylic acids is 1. The number of primary amides is 1. The number of benzene rings is 1. The molecule has 2 atom stereocenters. The number of aliphatic carboxylic acids is 1. The molecule has 0 aliphatic heterocycles. The Morgan fingerprint density at radius 1 is 1.32 bits per heavy atom. The van der Waals surface area contributed by atoms with E-state index in [1.165, 1.54) is 18.2 Å². The predicted octanol–water partition coefficient (Wildman–Crippen LogP) is 0.237. The first kappa shape index (κ1) is 15.4. The Labute approximate surface area is 114 Å². The van der Waals surface area contributed by atoms with E-state index >= 15 is 0 Å². The summed E-state index contributed by atoms with van der Waals surface area (Å²) in [5.74, 6) is -1.76. The zero-order valence-corrected chi connectivity index (χ0v) is 10.7. The first-order valence-corrected chi connectivity index (χ1v) is 5.83. The number of amides is 1. The lowest BCUT2D eigenvalue weighted by Crippen LogP contribution is -2.25. The second kappa shape index (κ2) is 6.51. The molecule has 0 heterocycles. The number of aliphatic hydroxyl groups excluding tert-OH is 2. The molecule has 0 bridgehead atoms. The van der Waals surface area contributed by atoms with E-state index in [1.54, 1.807) is 0 Å². The number of halogens is 1. The number of carboxylic acid groups (broad SMARTS) is 1. The highest BCUT2D eigenvalue weighted by Gasteiger charge is 2.21. The second-order valence-corrected chi connectivity index (χ2v) is 4.51. The molecular weight excluding hydrogens is 274 g/mol. The number of hydrogen-bond donors (Lipinski definition) is 4. The first-order valence-electron chi connectivity index (χ1n) is 5.45. The van der Waals surface area contributed by atoms with Gasteiger partial charge < -0.3 is 21.1 Å². The molecule has 104 valence electrons. The highest BCUT2D eigenvalue weighted by Crippen LogP contribution is 2.25. The molecule has 0 saturated carbocycles. The Kier molecular flexibility index (Phi) is 5.29. The van der Waals surface area contributed by atoms with Gasteiger partial charge in [-0.05, 0) is 17.2 Å². The molecule has 2 unspecified atom stereocenters. The maximum Gasteiger partial charge on any atom is 0.307 e. The maximum absolute atomic E-state index is 10.6. The summed E-state index contributed by atoms with van der Waals surface area (Å²) >= 11 is 5.88. The van der Waals surface area contributed by atoms with Gasteiger partial charge in [0.15, 0.2) is 0 Å². The summed E-state index contributed by atoms with van der Waals surface area (Å²) in [4.78, 5) is 21.2.